The molecule has 0 spiro atoms. The van der Waals surface area contributed by atoms with Gasteiger partial charge in [-0.05, 0) is 41.8 Å². The lowest BCUT2D eigenvalue weighted by Crippen LogP contribution is -2.23. The first-order valence-corrected chi connectivity index (χ1v) is 9.43. The van der Waals surface area contributed by atoms with E-state index in [0.29, 0.717) is 11.5 Å². The van der Waals surface area contributed by atoms with Gasteiger partial charge >= 0.3 is 11.9 Å². The zero-order chi connectivity index (χ0) is 19.9. The highest BCUT2D eigenvalue weighted by atomic mass is 16.5. The zero-order valence-electron chi connectivity index (χ0n) is 16.6. The largest absolute Gasteiger partial charge is 0.427 e. The van der Waals surface area contributed by atoms with Crippen molar-refractivity contribution in [3.63, 3.8) is 0 Å². The summed E-state index contributed by atoms with van der Waals surface area (Å²) in [7, 11) is 0. The third-order valence-corrected chi connectivity index (χ3v) is 4.79. The van der Waals surface area contributed by atoms with Crippen LogP contribution in [0.25, 0.3) is 0 Å². The molecule has 4 nitrogen and oxygen atoms in total. The molecular formula is C23H28O4. The Labute approximate surface area is 161 Å². The average Bonchev–Trinajstić information content (AvgIpc) is 2.62. The predicted octanol–water partition coefficient (Wildman–Crippen LogP) is 5.42. The van der Waals surface area contributed by atoms with Crippen molar-refractivity contribution in [3.05, 3.63) is 59.7 Å². The van der Waals surface area contributed by atoms with Crippen LogP contribution in [0.4, 0.5) is 0 Å². The van der Waals surface area contributed by atoms with Crippen LogP contribution in [0.2, 0.25) is 0 Å². The normalized spacial score (nSPS) is 11.1. The second-order valence-corrected chi connectivity index (χ2v) is 7.03. The molecule has 0 fully saturated rings. The molecule has 0 aliphatic rings. The summed E-state index contributed by atoms with van der Waals surface area (Å²) in [5.41, 5.74) is 2.14. The van der Waals surface area contributed by atoms with Crippen LogP contribution in [0.5, 0.6) is 11.5 Å². The molecule has 2 aromatic rings. The van der Waals surface area contributed by atoms with Crippen molar-refractivity contribution in [1.29, 1.82) is 0 Å². The van der Waals surface area contributed by atoms with Crippen molar-refractivity contribution in [3.8, 4) is 11.5 Å². The molecule has 0 radical (unpaired) electrons. The van der Waals surface area contributed by atoms with Gasteiger partial charge in [0.25, 0.3) is 0 Å². The van der Waals surface area contributed by atoms with Gasteiger partial charge in [0.15, 0.2) is 0 Å². The fourth-order valence-corrected chi connectivity index (χ4v) is 3.30. The van der Waals surface area contributed by atoms with Gasteiger partial charge in [-0.2, -0.15) is 0 Å². The van der Waals surface area contributed by atoms with E-state index in [2.05, 4.69) is 13.8 Å². The summed E-state index contributed by atoms with van der Waals surface area (Å²) in [4.78, 5) is 22.3. The number of hydrogen-bond donors (Lipinski definition) is 0. The van der Waals surface area contributed by atoms with E-state index in [4.69, 9.17) is 9.47 Å². The van der Waals surface area contributed by atoms with Gasteiger partial charge in [0.1, 0.15) is 11.5 Å². The minimum absolute atomic E-state index is 0.182. The molecular weight excluding hydrogens is 340 g/mol. The molecule has 2 aromatic carbocycles. The number of carbonyl (C=O) groups is 2. The van der Waals surface area contributed by atoms with Crippen LogP contribution >= 0.6 is 0 Å². The standard InChI is InChI=1S/C23H28O4/c1-5-6-7-16-23(4,19-8-12-21(13-9-19)26-17(2)24)20-10-14-22(15-11-20)27-18(3)25/h8-15H,5-7,16H2,1-4H3. The van der Waals surface area contributed by atoms with E-state index in [1.807, 2.05) is 48.5 Å². The van der Waals surface area contributed by atoms with Gasteiger partial charge in [0, 0.05) is 19.3 Å². The van der Waals surface area contributed by atoms with Gasteiger partial charge in [-0.25, -0.2) is 0 Å². The smallest absolute Gasteiger partial charge is 0.308 e. The molecule has 0 saturated carbocycles. The van der Waals surface area contributed by atoms with Gasteiger partial charge in [0.2, 0.25) is 0 Å². The first-order valence-electron chi connectivity index (χ1n) is 9.43. The third kappa shape index (κ3) is 5.68. The molecule has 0 heterocycles. The van der Waals surface area contributed by atoms with E-state index in [1.54, 1.807) is 0 Å². The Morgan fingerprint density at radius 3 is 1.52 bits per heavy atom. The Kier molecular flexibility index (Phi) is 7.17. The average molecular weight is 368 g/mol. The number of hydrogen-bond acceptors (Lipinski definition) is 4. The van der Waals surface area contributed by atoms with Crippen LogP contribution in [-0.4, -0.2) is 11.9 Å². The van der Waals surface area contributed by atoms with Gasteiger partial charge < -0.3 is 9.47 Å². The van der Waals surface area contributed by atoms with Crippen LogP contribution in [0, 0.1) is 0 Å². The number of benzene rings is 2. The maximum atomic E-state index is 11.1. The molecule has 0 aliphatic heterocycles. The number of ether oxygens (including phenoxy) is 2. The minimum Gasteiger partial charge on any atom is -0.427 e. The number of unbranched alkanes of at least 4 members (excludes halogenated alkanes) is 2. The summed E-state index contributed by atoms with van der Waals surface area (Å²) in [6, 6.07) is 15.4. The lowest BCUT2D eigenvalue weighted by molar-refractivity contribution is -0.132. The molecule has 0 aromatic heterocycles. The van der Waals surface area contributed by atoms with Gasteiger partial charge in [0.05, 0.1) is 0 Å². The van der Waals surface area contributed by atoms with E-state index in [9.17, 15) is 9.59 Å². The molecule has 4 heteroatoms. The summed E-state index contributed by atoms with van der Waals surface area (Å²) in [5, 5.41) is 0. The Morgan fingerprint density at radius 2 is 1.19 bits per heavy atom. The summed E-state index contributed by atoms with van der Waals surface area (Å²) in [5.74, 6) is 0.448. The minimum atomic E-state index is -0.325. The Morgan fingerprint density at radius 1 is 0.778 bits per heavy atom. The van der Waals surface area contributed by atoms with Crippen LogP contribution in [-0.2, 0) is 15.0 Å². The third-order valence-electron chi connectivity index (χ3n) is 4.79. The quantitative estimate of drug-likeness (QED) is 0.354. The topological polar surface area (TPSA) is 52.6 Å². The highest BCUT2D eigenvalue weighted by Gasteiger charge is 2.28. The van der Waals surface area contributed by atoms with Crippen molar-refractivity contribution < 1.29 is 19.1 Å². The molecule has 0 unspecified atom stereocenters. The first-order chi connectivity index (χ1) is 12.8. The van der Waals surface area contributed by atoms with E-state index in [-0.39, 0.29) is 17.4 Å². The lowest BCUT2D eigenvalue weighted by atomic mass is 9.72. The van der Waals surface area contributed by atoms with E-state index >= 15 is 0 Å². The second-order valence-electron chi connectivity index (χ2n) is 7.03. The molecule has 0 saturated heterocycles. The molecule has 0 bridgehead atoms. The van der Waals surface area contributed by atoms with Crippen molar-refractivity contribution >= 4 is 11.9 Å². The van der Waals surface area contributed by atoms with Crippen molar-refractivity contribution in [2.45, 2.75) is 58.8 Å². The van der Waals surface area contributed by atoms with Crippen LogP contribution in [0.15, 0.2) is 48.5 Å². The number of carbonyl (C=O) groups excluding carboxylic acids is 2. The summed E-state index contributed by atoms with van der Waals surface area (Å²) >= 11 is 0. The van der Waals surface area contributed by atoms with Gasteiger partial charge in [-0.15, -0.1) is 0 Å². The molecule has 0 aliphatic carbocycles. The summed E-state index contributed by atoms with van der Waals surface area (Å²) in [6.45, 7) is 7.21. The predicted molar refractivity (Wildman–Crippen MR) is 106 cm³/mol. The fraction of sp³-hybridized carbons (Fsp3) is 0.391. The van der Waals surface area contributed by atoms with Gasteiger partial charge in [-0.1, -0.05) is 57.4 Å². The first kappa shape index (κ1) is 20.7. The summed E-state index contributed by atoms with van der Waals surface area (Å²) < 4.78 is 10.3. The Hall–Kier alpha value is -2.62. The van der Waals surface area contributed by atoms with Gasteiger partial charge in [-0.3, -0.25) is 9.59 Å². The van der Waals surface area contributed by atoms with Crippen LogP contribution in [0.3, 0.4) is 0 Å². The second kappa shape index (κ2) is 9.36. The molecule has 2 rings (SSSR count). The lowest BCUT2D eigenvalue weighted by Gasteiger charge is -2.31. The molecule has 27 heavy (non-hydrogen) atoms. The Bertz CT molecular complexity index is 700. The highest BCUT2D eigenvalue weighted by Crippen LogP contribution is 2.38. The monoisotopic (exact) mass is 368 g/mol. The van der Waals surface area contributed by atoms with Crippen LogP contribution < -0.4 is 9.47 Å². The Balaban J connectivity index is 2.33. The van der Waals surface area contributed by atoms with Crippen molar-refractivity contribution in [2.24, 2.45) is 0 Å². The van der Waals surface area contributed by atoms with Crippen molar-refractivity contribution in [2.75, 3.05) is 0 Å². The maximum Gasteiger partial charge on any atom is 0.308 e. The molecule has 0 N–H and O–H groups in total. The van der Waals surface area contributed by atoms with E-state index in [1.165, 1.54) is 20.3 Å². The molecule has 0 amide bonds. The maximum absolute atomic E-state index is 11.1. The fourth-order valence-electron chi connectivity index (χ4n) is 3.30. The van der Waals surface area contributed by atoms with Crippen molar-refractivity contribution in [1.82, 2.24) is 0 Å². The molecule has 0 atom stereocenters. The summed E-state index contributed by atoms with van der Waals surface area (Å²) in [6.07, 6.45) is 4.45. The zero-order valence-corrected chi connectivity index (χ0v) is 16.6. The van der Waals surface area contributed by atoms with Crippen LogP contribution in [0.1, 0.15) is 64.5 Å². The SMILES string of the molecule is CCCCCC(C)(c1ccc(OC(C)=O)cc1)c1ccc(OC(C)=O)cc1. The highest BCUT2D eigenvalue weighted by molar-refractivity contribution is 5.69. The number of esters is 2. The molecule has 144 valence electrons. The number of rotatable bonds is 8. The van der Waals surface area contributed by atoms with E-state index in [0.717, 1.165) is 30.4 Å². The van der Waals surface area contributed by atoms with E-state index < -0.39 is 0 Å².